The minimum atomic E-state index is -0.161. The second-order valence-electron chi connectivity index (χ2n) is 4.55. The first-order valence-electron chi connectivity index (χ1n) is 6.77. The maximum atomic E-state index is 12.3. The molecule has 0 unspecified atom stereocenters. The highest BCUT2D eigenvalue weighted by Gasteiger charge is 2.34. The van der Waals surface area contributed by atoms with Crippen LogP contribution >= 0.6 is 12.2 Å². The lowest BCUT2D eigenvalue weighted by molar-refractivity contribution is -0.122. The second-order valence-corrected chi connectivity index (χ2v) is 4.91. The first-order chi connectivity index (χ1) is 10.0. The van der Waals surface area contributed by atoms with Crippen LogP contribution in [0.5, 0.6) is 11.5 Å². The fraction of sp³-hybridized carbons (Fsp3) is 0.333. The number of para-hydroxylation sites is 1. The Kier molecular flexibility index (Phi) is 4.47. The molecule has 5 nitrogen and oxygen atoms in total. The fourth-order valence-electron chi connectivity index (χ4n) is 2.17. The molecule has 1 aliphatic heterocycles. The number of amides is 1. The predicted octanol–water partition coefficient (Wildman–Crippen LogP) is 2.21. The monoisotopic (exact) mass is 306 g/mol. The second kappa shape index (κ2) is 6.13. The zero-order valence-electron chi connectivity index (χ0n) is 12.3. The number of hydrogen-bond donors (Lipinski definition) is 1. The van der Waals surface area contributed by atoms with Crippen LogP contribution in [-0.4, -0.2) is 46.1 Å². The van der Waals surface area contributed by atoms with Crippen molar-refractivity contribution >= 4 is 29.3 Å². The topological polar surface area (TPSA) is 53.0 Å². The van der Waals surface area contributed by atoms with Gasteiger partial charge in [0.05, 0.1) is 6.61 Å². The van der Waals surface area contributed by atoms with Crippen LogP contribution in [0.4, 0.5) is 0 Å². The van der Waals surface area contributed by atoms with Crippen LogP contribution < -0.4 is 4.74 Å². The number of benzene rings is 1. The summed E-state index contributed by atoms with van der Waals surface area (Å²) in [7, 11) is 1.74. The summed E-state index contributed by atoms with van der Waals surface area (Å²) in [6.45, 7) is 4.69. The molecule has 2 rings (SSSR count). The van der Waals surface area contributed by atoms with Gasteiger partial charge in [0.1, 0.15) is 5.70 Å². The highest BCUT2D eigenvalue weighted by molar-refractivity contribution is 7.80. The van der Waals surface area contributed by atoms with Gasteiger partial charge in [-0.25, -0.2) is 0 Å². The van der Waals surface area contributed by atoms with Crippen LogP contribution in [0.25, 0.3) is 6.08 Å². The van der Waals surface area contributed by atoms with E-state index in [0.29, 0.717) is 35.3 Å². The van der Waals surface area contributed by atoms with Gasteiger partial charge in [0.25, 0.3) is 5.91 Å². The number of phenols is 1. The van der Waals surface area contributed by atoms with Gasteiger partial charge in [0.15, 0.2) is 16.6 Å². The van der Waals surface area contributed by atoms with Crippen molar-refractivity contribution in [1.29, 1.82) is 0 Å². The van der Waals surface area contributed by atoms with Crippen molar-refractivity contribution in [2.75, 3.05) is 20.2 Å². The molecule has 1 N–H and O–H groups in total. The number of aromatic hydroxyl groups is 1. The quantitative estimate of drug-likeness (QED) is 0.683. The molecule has 112 valence electrons. The largest absolute Gasteiger partial charge is 0.504 e. The summed E-state index contributed by atoms with van der Waals surface area (Å²) in [5.74, 6) is 0.259. The number of likely N-dealkylation sites (N-methyl/N-ethyl adjacent to an activating group) is 2. The van der Waals surface area contributed by atoms with E-state index in [4.69, 9.17) is 17.0 Å². The Morgan fingerprint density at radius 2 is 2.10 bits per heavy atom. The maximum Gasteiger partial charge on any atom is 0.276 e. The molecule has 1 aromatic carbocycles. The molecule has 0 spiro atoms. The first kappa shape index (κ1) is 15.3. The predicted molar refractivity (Wildman–Crippen MR) is 85.0 cm³/mol. The average Bonchev–Trinajstić information content (AvgIpc) is 2.67. The van der Waals surface area contributed by atoms with Crippen molar-refractivity contribution in [2.24, 2.45) is 0 Å². The van der Waals surface area contributed by atoms with E-state index in [0.717, 1.165) is 0 Å². The van der Waals surface area contributed by atoms with Crippen molar-refractivity contribution in [1.82, 2.24) is 9.80 Å². The van der Waals surface area contributed by atoms with Crippen molar-refractivity contribution in [2.45, 2.75) is 13.8 Å². The number of nitrogens with zero attached hydrogens (tertiary/aromatic N) is 2. The number of ether oxygens (including phenoxy) is 1. The van der Waals surface area contributed by atoms with Crippen molar-refractivity contribution in [3.8, 4) is 11.5 Å². The molecule has 0 bridgehead atoms. The highest BCUT2D eigenvalue weighted by atomic mass is 32.1. The van der Waals surface area contributed by atoms with Gasteiger partial charge in [-0.05, 0) is 38.2 Å². The van der Waals surface area contributed by atoms with E-state index in [2.05, 4.69) is 0 Å². The van der Waals surface area contributed by atoms with Gasteiger partial charge in [-0.1, -0.05) is 12.1 Å². The molecule has 0 atom stereocenters. The molecule has 1 aliphatic rings. The van der Waals surface area contributed by atoms with Crippen LogP contribution in [0.2, 0.25) is 0 Å². The third-order valence-corrected chi connectivity index (χ3v) is 3.78. The maximum absolute atomic E-state index is 12.3. The van der Waals surface area contributed by atoms with E-state index < -0.39 is 0 Å². The van der Waals surface area contributed by atoms with E-state index in [9.17, 15) is 9.90 Å². The van der Waals surface area contributed by atoms with E-state index in [1.807, 2.05) is 13.8 Å². The van der Waals surface area contributed by atoms with Gasteiger partial charge in [-0.15, -0.1) is 0 Å². The minimum Gasteiger partial charge on any atom is -0.504 e. The van der Waals surface area contributed by atoms with Gasteiger partial charge >= 0.3 is 0 Å². The normalized spacial score (nSPS) is 17.0. The Morgan fingerprint density at radius 1 is 1.38 bits per heavy atom. The zero-order chi connectivity index (χ0) is 15.6. The van der Waals surface area contributed by atoms with Gasteiger partial charge in [0.2, 0.25) is 0 Å². The lowest BCUT2D eigenvalue weighted by Gasteiger charge is -2.13. The lowest BCUT2D eigenvalue weighted by atomic mass is 10.1. The molecule has 6 heteroatoms. The summed E-state index contributed by atoms with van der Waals surface area (Å²) in [6.07, 6.45) is 1.63. The fourth-order valence-corrected chi connectivity index (χ4v) is 2.48. The van der Waals surface area contributed by atoms with Crippen molar-refractivity contribution in [3.05, 3.63) is 29.5 Å². The third-order valence-electron chi connectivity index (χ3n) is 3.28. The van der Waals surface area contributed by atoms with Crippen LogP contribution in [0.1, 0.15) is 19.4 Å². The lowest BCUT2D eigenvalue weighted by Crippen LogP contribution is -2.30. The Hall–Kier alpha value is -2.08. The van der Waals surface area contributed by atoms with E-state index in [1.165, 1.54) is 4.90 Å². The summed E-state index contributed by atoms with van der Waals surface area (Å²) in [6, 6.07) is 5.18. The molecule has 0 radical (unpaired) electrons. The molecular formula is C15H18N2O3S. The number of carbonyl (C=O) groups is 1. The van der Waals surface area contributed by atoms with Crippen LogP contribution in [0, 0.1) is 0 Å². The third kappa shape index (κ3) is 2.71. The number of thiocarbonyl (C=S) groups is 1. The Labute approximate surface area is 129 Å². The average molecular weight is 306 g/mol. The van der Waals surface area contributed by atoms with Gasteiger partial charge < -0.3 is 14.7 Å². The smallest absolute Gasteiger partial charge is 0.276 e. The first-order valence-corrected chi connectivity index (χ1v) is 7.18. The summed E-state index contributed by atoms with van der Waals surface area (Å²) in [5.41, 5.74) is 0.961. The SMILES string of the molecule is CCOc1cccc(C=C2C(=O)N(CC)C(=S)N2C)c1O. The van der Waals surface area contributed by atoms with Gasteiger partial charge in [-0.2, -0.15) is 0 Å². The molecule has 1 heterocycles. The van der Waals surface area contributed by atoms with Gasteiger partial charge in [0, 0.05) is 19.2 Å². The van der Waals surface area contributed by atoms with E-state index >= 15 is 0 Å². The molecule has 1 saturated heterocycles. The van der Waals surface area contributed by atoms with Crippen molar-refractivity contribution in [3.63, 3.8) is 0 Å². The molecule has 0 saturated carbocycles. The number of hydrogen-bond acceptors (Lipinski definition) is 4. The van der Waals surface area contributed by atoms with E-state index in [-0.39, 0.29) is 11.7 Å². The summed E-state index contributed by atoms with van der Waals surface area (Å²) in [5, 5.41) is 10.7. The van der Waals surface area contributed by atoms with Crippen LogP contribution in [0.3, 0.4) is 0 Å². The molecule has 1 aromatic rings. The Balaban J connectivity index is 2.42. The number of carbonyl (C=O) groups excluding carboxylic acids is 1. The Bertz CT molecular complexity index is 613. The number of phenolic OH excluding ortho intramolecular Hbond substituents is 1. The minimum absolute atomic E-state index is 0.0221. The standard InChI is InChI=1S/C15H18N2O3S/c1-4-17-14(19)11(16(3)15(17)21)9-10-7-6-8-12(13(10)18)20-5-2/h6-9,18H,4-5H2,1-3H3. The summed E-state index contributed by atoms with van der Waals surface area (Å²) in [4.78, 5) is 15.5. The molecule has 0 aliphatic carbocycles. The number of rotatable bonds is 4. The molecule has 1 amide bonds. The van der Waals surface area contributed by atoms with Gasteiger partial charge in [-0.3, -0.25) is 9.69 Å². The molecule has 0 aromatic heterocycles. The molecular weight excluding hydrogens is 288 g/mol. The van der Waals surface area contributed by atoms with Crippen molar-refractivity contribution < 1.29 is 14.6 Å². The molecule has 1 fully saturated rings. The van der Waals surface area contributed by atoms with Crippen LogP contribution in [0.15, 0.2) is 23.9 Å². The molecule has 21 heavy (non-hydrogen) atoms. The zero-order valence-corrected chi connectivity index (χ0v) is 13.1. The van der Waals surface area contributed by atoms with Crippen LogP contribution in [-0.2, 0) is 4.79 Å². The summed E-state index contributed by atoms with van der Waals surface area (Å²) < 4.78 is 5.34. The summed E-state index contributed by atoms with van der Waals surface area (Å²) >= 11 is 5.24. The van der Waals surface area contributed by atoms with E-state index in [1.54, 1.807) is 36.2 Å². The highest BCUT2D eigenvalue weighted by Crippen LogP contribution is 2.32. The Morgan fingerprint density at radius 3 is 2.67 bits per heavy atom.